The lowest BCUT2D eigenvalue weighted by atomic mass is 10.0. The summed E-state index contributed by atoms with van der Waals surface area (Å²) in [6, 6.07) is 13.1. The number of aromatic nitrogens is 2. The zero-order valence-corrected chi connectivity index (χ0v) is 15.9. The Kier molecular flexibility index (Phi) is 4.70. The Morgan fingerprint density at radius 1 is 1.15 bits per heavy atom. The number of aryl methyl sites for hydroxylation is 2. The first-order valence-electron chi connectivity index (χ1n) is 9.24. The molecule has 0 aliphatic carbocycles. The molecule has 0 spiro atoms. The van der Waals surface area contributed by atoms with Gasteiger partial charge in [-0.05, 0) is 49.2 Å². The predicted molar refractivity (Wildman–Crippen MR) is 104 cm³/mol. The predicted octanol–water partition coefficient (Wildman–Crippen LogP) is 4.32. The zero-order valence-electron chi connectivity index (χ0n) is 15.9. The fraction of sp³-hybridized carbons (Fsp3) is 0.318. The van der Waals surface area contributed by atoms with Crippen LogP contribution in [-0.2, 0) is 20.1 Å². The number of halogens is 1. The van der Waals surface area contributed by atoms with Crippen molar-refractivity contribution in [3.8, 4) is 16.9 Å². The number of nitrogens with zero attached hydrogens (tertiary/aromatic N) is 3. The second-order valence-corrected chi connectivity index (χ2v) is 7.31. The van der Waals surface area contributed by atoms with Crippen LogP contribution in [0.25, 0.3) is 11.1 Å². The fourth-order valence-corrected chi connectivity index (χ4v) is 3.59. The number of hydrogen-bond donors (Lipinski definition) is 0. The van der Waals surface area contributed by atoms with E-state index in [2.05, 4.69) is 36.1 Å². The Morgan fingerprint density at radius 2 is 1.89 bits per heavy atom. The Balaban J connectivity index is 1.63. The molecule has 5 heteroatoms. The molecule has 27 heavy (non-hydrogen) atoms. The zero-order chi connectivity index (χ0) is 19.0. The summed E-state index contributed by atoms with van der Waals surface area (Å²) in [5.41, 5.74) is 5.54. The van der Waals surface area contributed by atoms with Gasteiger partial charge >= 0.3 is 0 Å². The molecule has 2 heterocycles. The maximum Gasteiger partial charge on any atom is 0.123 e. The average Bonchev–Trinajstić information content (AvgIpc) is 2.88. The third-order valence-corrected chi connectivity index (χ3v) is 5.20. The average molecular weight is 365 g/mol. The summed E-state index contributed by atoms with van der Waals surface area (Å²) in [7, 11) is 1.95. The van der Waals surface area contributed by atoms with Crippen LogP contribution in [0.5, 0.6) is 5.75 Å². The van der Waals surface area contributed by atoms with Gasteiger partial charge in [0.2, 0.25) is 0 Å². The summed E-state index contributed by atoms with van der Waals surface area (Å²) in [5.74, 6) is 0.710. The highest BCUT2D eigenvalue weighted by Crippen LogP contribution is 2.31. The van der Waals surface area contributed by atoms with Gasteiger partial charge in [0.1, 0.15) is 18.2 Å². The molecule has 0 bridgehead atoms. The summed E-state index contributed by atoms with van der Waals surface area (Å²) >= 11 is 0. The molecule has 2 aromatic carbocycles. The molecule has 1 aliphatic rings. The third kappa shape index (κ3) is 3.74. The Hall–Kier alpha value is -2.66. The van der Waals surface area contributed by atoms with Gasteiger partial charge in [-0.25, -0.2) is 4.39 Å². The lowest BCUT2D eigenvalue weighted by Gasteiger charge is -2.25. The highest BCUT2D eigenvalue weighted by atomic mass is 19.1. The van der Waals surface area contributed by atoms with Gasteiger partial charge in [-0.15, -0.1) is 0 Å². The number of rotatable bonds is 3. The quantitative estimate of drug-likeness (QED) is 0.693. The van der Waals surface area contributed by atoms with E-state index in [0.717, 1.165) is 41.2 Å². The highest BCUT2D eigenvalue weighted by molar-refractivity contribution is 5.65. The van der Waals surface area contributed by atoms with E-state index in [1.165, 1.54) is 17.7 Å². The van der Waals surface area contributed by atoms with Crippen molar-refractivity contribution in [1.29, 1.82) is 0 Å². The van der Waals surface area contributed by atoms with Crippen molar-refractivity contribution in [2.75, 3.05) is 6.61 Å². The van der Waals surface area contributed by atoms with Crippen LogP contribution in [0.15, 0.2) is 48.7 Å². The minimum atomic E-state index is -0.219. The van der Waals surface area contributed by atoms with Crippen molar-refractivity contribution in [2.24, 2.45) is 7.05 Å². The van der Waals surface area contributed by atoms with Gasteiger partial charge in [0, 0.05) is 43.5 Å². The van der Waals surface area contributed by atoms with Crippen LogP contribution in [0.4, 0.5) is 4.39 Å². The van der Waals surface area contributed by atoms with E-state index in [1.54, 1.807) is 0 Å². The van der Waals surface area contributed by atoms with Crippen LogP contribution in [0.2, 0.25) is 0 Å². The SMILES string of the molecule is Cc1nn(C)cc1CN1Cc2cc(-c3ccc(F)cc3)ccc2OC[C@@H]1C. The standard InChI is InChI=1S/C22H24FN3O/c1-15-14-27-22-9-6-18(17-4-7-21(23)8-5-17)10-19(22)12-26(15)13-20-11-25(3)24-16(20)2/h4-11,15H,12-14H2,1-3H3/t15-/m0/s1. The molecule has 0 N–H and O–H groups in total. The van der Waals surface area contributed by atoms with Crippen molar-refractivity contribution in [1.82, 2.24) is 14.7 Å². The monoisotopic (exact) mass is 365 g/mol. The molecule has 4 nitrogen and oxygen atoms in total. The van der Waals surface area contributed by atoms with Gasteiger partial charge in [-0.1, -0.05) is 18.2 Å². The summed E-state index contributed by atoms with van der Waals surface area (Å²) in [6.07, 6.45) is 2.09. The van der Waals surface area contributed by atoms with E-state index < -0.39 is 0 Å². The van der Waals surface area contributed by atoms with Gasteiger partial charge in [0.15, 0.2) is 0 Å². The summed E-state index contributed by atoms with van der Waals surface area (Å²) < 4.78 is 21.1. The van der Waals surface area contributed by atoms with E-state index in [9.17, 15) is 4.39 Å². The van der Waals surface area contributed by atoms with E-state index in [0.29, 0.717) is 12.6 Å². The number of fused-ring (bicyclic) bond motifs is 1. The lowest BCUT2D eigenvalue weighted by molar-refractivity contribution is 0.151. The van der Waals surface area contributed by atoms with Crippen molar-refractivity contribution in [3.05, 3.63) is 71.3 Å². The van der Waals surface area contributed by atoms with Gasteiger partial charge in [-0.3, -0.25) is 9.58 Å². The van der Waals surface area contributed by atoms with E-state index >= 15 is 0 Å². The maximum absolute atomic E-state index is 13.2. The molecular formula is C22H24FN3O. The normalized spacial score (nSPS) is 17.3. The Labute approximate surface area is 159 Å². The molecule has 1 aliphatic heterocycles. The van der Waals surface area contributed by atoms with Gasteiger partial charge < -0.3 is 4.74 Å². The summed E-state index contributed by atoms with van der Waals surface area (Å²) in [6.45, 7) is 6.54. The number of benzene rings is 2. The van der Waals surface area contributed by atoms with Gasteiger partial charge in [0.05, 0.1) is 5.69 Å². The second kappa shape index (κ2) is 7.16. The minimum Gasteiger partial charge on any atom is -0.492 e. The molecular weight excluding hydrogens is 341 g/mol. The van der Waals surface area contributed by atoms with Crippen LogP contribution in [0.3, 0.4) is 0 Å². The fourth-order valence-electron chi connectivity index (χ4n) is 3.59. The maximum atomic E-state index is 13.2. The van der Waals surface area contributed by atoms with Gasteiger partial charge in [0.25, 0.3) is 0 Å². The molecule has 3 aromatic rings. The third-order valence-electron chi connectivity index (χ3n) is 5.20. The first-order chi connectivity index (χ1) is 13.0. The van der Waals surface area contributed by atoms with Crippen LogP contribution in [-0.4, -0.2) is 27.3 Å². The first kappa shape index (κ1) is 17.7. The number of hydrogen-bond acceptors (Lipinski definition) is 3. The number of ether oxygens (including phenoxy) is 1. The topological polar surface area (TPSA) is 30.3 Å². The van der Waals surface area contributed by atoms with Crippen molar-refractivity contribution in [3.63, 3.8) is 0 Å². The molecule has 0 fully saturated rings. The van der Waals surface area contributed by atoms with Crippen molar-refractivity contribution < 1.29 is 9.13 Å². The molecule has 0 saturated carbocycles. The Bertz CT molecular complexity index is 949. The van der Waals surface area contributed by atoms with E-state index in [4.69, 9.17) is 4.74 Å². The minimum absolute atomic E-state index is 0.219. The highest BCUT2D eigenvalue weighted by Gasteiger charge is 2.23. The molecule has 0 saturated heterocycles. The van der Waals surface area contributed by atoms with E-state index in [1.807, 2.05) is 36.0 Å². The second-order valence-electron chi connectivity index (χ2n) is 7.31. The van der Waals surface area contributed by atoms with Crippen LogP contribution < -0.4 is 4.74 Å². The van der Waals surface area contributed by atoms with Crippen LogP contribution in [0.1, 0.15) is 23.7 Å². The van der Waals surface area contributed by atoms with Crippen molar-refractivity contribution in [2.45, 2.75) is 33.0 Å². The first-order valence-corrected chi connectivity index (χ1v) is 9.24. The molecule has 140 valence electrons. The van der Waals surface area contributed by atoms with Crippen LogP contribution in [0, 0.1) is 12.7 Å². The van der Waals surface area contributed by atoms with Crippen LogP contribution >= 0.6 is 0 Å². The smallest absolute Gasteiger partial charge is 0.123 e. The summed E-state index contributed by atoms with van der Waals surface area (Å²) in [5, 5.41) is 4.46. The van der Waals surface area contributed by atoms with E-state index in [-0.39, 0.29) is 5.82 Å². The summed E-state index contributed by atoms with van der Waals surface area (Å²) in [4.78, 5) is 2.42. The largest absolute Gasteiger partial charge is 0.492 e. The van der Waals surface area contributed by atoms with Crippen molar-refractivity contribution >= 4 is 0 Å². The molecule has 1 atom stereocenters. The molecule has 1 aromatic heterocycles. The molecule has 0 unspecified atom stereocenters. The lowest BCUT2D eigenvalue weighted by Crippen LogP contribution is -2.34. The molecule has 0 radical (unpaired) electrons. The molecule has 0 amide bonds. The molecule has 4 rings (SSSR count). The Morgan fingerprint density at radius 3 is 2.59 bits per heavy atom. The van der Waals surface area contributed by atoms with Gasteiger partial charge in [-0.2, -0.15) is 5.10 Å².